The highest BCUT2D eigenvalue weighted by Crippen LogP contribution is 2.28. The minimum absolute atomic E-state index is 0.118. The molecule has 1 N–H and O–H groups in total. The van der Waals surface area contributed by atoms with Gasteiger partial charge < -0.3 is 14.5 Å². The molecule has 4 rings (SSSR count). The third-order valence-corrected chi connectivity index (χ3v) is 5.81. The van der Waals surface area contributed by atoms with Gasteiger partial charge in [-0.1, -0.05) is 42.1 Å². The molecule has 0 aliphatic heterocycles. The molecule has 0 saturated heterocycles. The van der Waals surface area contributed by atoms with Gasteiger partial charge in [-0.3, -0.25) is 9.36 Å². The second-order valence-electron chi connectivity index (χ2n) is 7.06. The van der Waals surface area contributed by atoms with Crippen molar-refractivity contribution in [2.45, 2.75) is 30.8 Å². The van der Waals surface area contributed by atoms with Crippen LogP contribution in [0.25, 0.3) is 11.6 Å². The van der Waals surface area contributed by atoms with Crippen LogP contribution in [-0.4, -0.2) is 32.5 Å². The number of hydrogen-bond acceptors (Lipinski definition) is 6. The maximum atomic E-state index is 12.8. The molecule has 0 saturated carbocycles. The summed E-state index contributed by atoms with van der Waals surface area (Å²) in [6.45, 7) is 4.95. The number of ether oxygens (including phenoxy) is 1. The first kappa shape index (κ1) is 21.7. The molecule has 2 heterocycles. The van der Waals surface area contributed by atoms with Crippen LogP contribution in [0.2, 0.25) is 0 Å². The first-order valence-electron chi connectivity index (χ1n) is 10.4. The largest absolute Gasteiger partial charge is 0.494 e. The van der Waals surface area contributed by atoms with Crippen LogP contribution in [0.1, 0.15) is 19.4 Å². The van der Waals surface area contributed by atoms with Crippen LogP contribution in [0, 0.1) is 0 Å². The number of anilines is 1. The molecule has 2 aromatic carbocycles. The van der Waals surface area contributed by atoms with Crippen LogP contribution in [0.15, 0.2) is 82.6 Å². The SMILES string of the molecule is CCOc1ccc(NC(=O)C(C)Sc2nnc(-c3ccco3)n2Cc2ccccc2)cc1. The first-order chi connectivity index (χ1) is 15.6. The van der Waals surface area contributed by atoms with E-state index in [0.717, 1.165) is 11.3 Å². The van der Waals surface area contributed by atoms with E-state index in [1.807, 2.05) is 85.1 Å². The van der Waals surface area contributed by atoms with Gasteiger partial charge in [-0.05, 0) is 55.8 Å². The Balaban J connectivity index is 1.50. The van der Waals surface area contributed by atoms with E-state index in [4.69, 9.17) is 9.15 Å². The number of amides is 1. The molecule has 0 spiro atoms. The Kier molecular flexibility index (Phi) is 6.91. The second-order valence-corrected chi connectivity index (χ2v) is 8.37. The summed E-state index contributed by atoms with van der Waals surface area (Å²) in [6.07, 6.45) is 1.61. The summed E-state index contributed by atoms with van der Waals surface area (Å²) < 4.78 is 13.0. The van der Waals surface area contributed by atoms with Gasteiger partial charge in [0, 0.05) is 5.69 Å². The standard InChI is InChI=1S/C24H24N4O3S/c1-3-30-20-13-11-19(12-14-20)25-23(29)17(2)32-24-27-26-22(21-10-7-15-31-21)28(24)16-18-8-5-4-6-9-18/h4-15,17H,3,16H2,1-2H3,(H,25,29). The Hall–Kier alpha value is -3.52. The lowest BCUT2D eigenvalue weighted by molar-refractivity contribution is -0.115. The van der Waals surface area contributed by atoms with Gasteiger partial charge in [0.25, 0.3) is 0 Å². The number of carbonyl (C=O) groups is 1. The molecule has 0 fully saturated rings. The summed E-state index contributed by atoms with van der Waals surface area (Å²) in [4.78, 5) is 12.8. The molecule has 0 aliphatic rings. The molecule has 2 aromatic heterocycles. The van der Waals surface area contributed by atoms with E-state index in [1.54, 1.807) is 6.26 Å². The highest BCUT2D eigenvalue weighted by atomic mass is 32.2. The number of nitrogens with one attached hydrogen (secondary N) is 1. The Morgan fingerprint density at radius 1 is 1.09 bits per heavy atom. The zero-order valence-corrected chi connectivity index (χ0v) is 18.7. The predicted octanol–water partition coefficient (Wildman–Crippen LogP) is 5.10. The Morgan fingerprint density at radius 3 is 2.56 bits per heavy atom. The summed E-state index contributed by atoms with van der Waals surface area (Å²) >= 11 is 1.36. The van der Waals surface area contributed by atoms with Crippen molar-refractivity contribution in [1.82, 2.24) is 14.8 Å². The molecule has 1 amide bonds. The molecule has 1 unspecified atom stereocenters. The fourth-order valence-corrected chi connectivity index (χ4v) is 3.98. The number of carbonyl (C=O) groups excluding carboxylic acids is 1. The smallest absolute Gasteiger partial charge is 0.237 e. The average Bonchev–Trinajstić information content (AvgIpc) is 3.46. The maximum Gasteiger partial charge on any atom is 0.237 e. The Labute approximate surface area is 190 Å². The van der Waals surface area contributed by atoms with Crippen molar-refractivity contribution in [3.63, 3.8) is 0 Å². The number of furan rings is 1. The minimum Gasteiger partial charge on any atom is -0.494 e. The summed E-state index contributed by atoms with van der Waals surface area (Å²) in [5.74, 6) is 1.91. The van der Waals surface area contributed by atoms with Crippen molar-refractivity contribution >= 4 is 23.4 Å². The van der Waals surface area contributed by atoms with Gasteiger partial charge in [0.05, 0.1) is 24.7 Å². The molecule has 164 valence electrons. The topological polar surface area (TPSA) is 82.2 Å². The third-order valence-electron chi connectivity index (χ3n) is 4.73. The van der Waals surface area contributed by atoms with Crippen LogP contribution in [0.5, 0.6) is 5.75 Å². The molecule has 4 aromatic rings. The van der Waals surface area contributed by atoms with Crippen molar-refractivity contribution in [2.75, 3.05) is 11.9 Å². The molecule has 32 heavy (non-hydrogen) atoms. The van der Waals surface area contributed by atoms with E-state index in [0.29, 0.717) is 35.6 Å². The molecule has 0 radical (unpaired) electrons. The number of hydrogen-bond donors (Lipinski definition) is 1. The van der Waals surface area contributed by atoms with E-state index < -0.39 is 0 Å². The normalized spacial score (nSPS) is 11.8. The lowest BCUT2D eigenvalue weighted by atomic mass is 10.2. The van der Waals surface area contributed by atoms with Gasteiger partial charge in [-0.2, -0.15) is 0 Å². The fraction of sp³-hybridized carbons (Fsp3) is 0.208. The van der Waals surface area contributed by atoms with E-state index >= 15 is 0 Å². The van der Waals surface area contributed by atoms with Crippen LogP contribution in [0.3, 0.4) is 0 Å². The van der Waals surface area contributed by atoms with Crippen molar-refractivity contribution in [2.24, 2.45) is 0 Å². The highest BCUT2D eigenvalue weighted by Gasteiger charge is 2.22. The molecule has 0 aliphatic carbocycles. The van der Waals surface area contributed by atoms with Crippen LogP contribution in [0.4, 0.5) is 5.69 Å². The van der Waals surface area contributed by atoms with Crippen LogP contribution in [-0.2, 0) is 11.3 Å². The quantitative estimate of drug-likeness (QED) is 0.359. The van der Waals surface area contributed by atoms with Crippen LogP contribution >= 0.6 is 11.8 Å². The Bertz CT molecular complexity index is 1140. The second kappa shape index (κ2) is 10.2. The third kappa shape index (κ3) is 5.20. The van der Waals surface area contributed by atoms with Crippen molar-refractivity contribution in [1.29, 1.82) is 0 Å². The summed E-state index contributed by atoms with van der Waals surface area (Å²) in [5.41, 5.74) is 1.82. The summed E-state index contributed by atoms with van der Waals surface area (Å²) in [6, 6.07) is 21.0. The summed E-state index contributed by atoms with van der Waals surface area (Å²) in [5, 5.41) is 11.9. The lowest BCUT2D eigenvalue weighted by Crippen LogP contribution is -2.23. The highest BCUT2D eigenvalue weighted by molar-refractivity contribution is 8.00. The first-order valence-corrected chi connectivity index (χ1v) is 11.2. The van der Waals surface area contributed by atoms with E-state index in [9.17, 15) is 4.79 Å². The monoisotopic (exact) mass is 448 g/mol. The lowest BCUT2D eigenvalue weighted by Gasteiger charge is -2.14. The number of nitrogens with zero attached hydrogens (tertiary/aromatic N) is 3. The number of thioether (sulfide) groups is 1. The van der Waals surface area contributed by atoms with Gasteiger partial charge >= 0.3 is 0 Å². The van der Waals surface area contributed by atoms with E-state index in [-0.39, 0.29) is 11.2 Å². The van der Waals surface area contributed by atoms with Crippen molar-refractivity contribution in [3.8, 4) is 17.3 Å². The van der Waals surface area contributed by atoms with Gasteiger partial charge in [0.1, 0.15) is 5.75 Å². The molecule has 7 nitrogen and oxygen atoms in total. The predicted molar refractivity (Wildman–Crippen MR) is 125 cm³/mol. The molecule has 8 heteroatoms. The number of benzene rings is 2. The van der Waals surface area contributed by atoms with Gasteiger partial charge in [0.15, 0.2) is 10.9 Å². The maximum absolute atomic E-state index is 12.8. The molecular weight excluding hydrogens is 424 g/mol. The Morgan fingerprint density at radius 2 is 1.88 bits per heavy atom. The van der Waals surface area contributed by atoms with Crippen molar-refractivity contribution < 1.29 is 13.9 Å². The minimum atomic E-state index is -0.384. The van der Waals surface area contributed by atoms with E-state index in [2.05, 4.69) is 15.5 Å². The molecular formula is C24H24N4O3S. The van der Waals surface area contributed by atoms with Gasteiger partial charge in [0.2, 0.25) is 11.7 Å². The number of aromatic nitrogens is 3. The van der Waals surface area contributed by atoms with Gasteiger partial charge in [-0.25, -0.2) is 0 Å². The average molecular weight is 449 g/mol. The summed E-state index contributed by atoms with van der Waals surface area (Å²) in [7, 11) is 0. The zero-order chi connectivity index (χ0) is 22.3. The zero-order valence-electron chi connectivity index (χ0n) is 17.9. The molecule has 0 bridgehead atoms. The number of rotatable bonds is 9. The fourth-order valence-electron chi connectivity index (χ4n) is 3.13. The van der Waals surface area contributed by atoms with Gasteiger partial charge in [-0.15, -0.1) is 10.2 Å². The van der Waals surface area contributed by atoms with Crippen LogP contribution < -0.4 is 10.1 Å². The van der Waals surface area contributed by atoms with Crippen molar-refractivity contribution in [3.05, 3.63) is 78.6 Å². The molecule has 1 atom stereocenters. The van der Waals surface area contributed by atoms with E-state index in [1.165, 1.54) is 11.8 Å².